The van der Waals surface area contributed by atoms with Gasteiger partial charge in [-0.1, -0.05) is 18.2 Å². The van der Waals surface area contributed by atoms with E-state index in [9.17, 15) is 9.59 Å². The highest BCUT2D eigenvalue weighted by Crippen LogP contribution is 2.28. The summed E-state index contributed by atoms with van der Waals surface area (Å²) in [5.74, 6) is 0.661. The molecular formula is C21H20N2O4. The molecule has 138 valence electrons. The molecule has 3 rings (SSSR count). The van der Waals surface area contributed by atoms with Gasteiger partial charge in [0.15, 0.2) is 17.3 Å². The second-order valence-corrected chi connectivity index (χ2v) is 5.92. The Balaban J connectivity index is 1.64. The van der Waals surface area contributed by atoms with Gasteiger partial charge in [-0.25, -0.2) is 0 Å². The van der Waals surface area contributed by atoms with E-state index in [1.165, 1.54) is 14.2 Å². The van der Waals surface area contributed by atoms with Crippen LogP contribution in [0.25, 0.3) is 10.9 Å². The largest absolute Gasteiger partial charge is 0.493 e. The van der Waals surface area contributed by atoms with Crippen molar-refractivity contribution in [3.63, 3.8) is 0 Å². The van der Waals surface area contributed by atoms with Crippen LogP contribution in [0.1, 0.15) is 23.2 Å². The molecule has 0 saturated heterocycles. The number of rotatable bonds is 7. The quantitative estimate of drug-likeness (QED) is 0.644. The molecule has 1 heterocycles. The van der Waals surface area contributed by atoms with Gasteiger partial charge in [0, 0.05) is 30.0 Å². The van der Waals surface area contributed by atoms with E-state index in [1.54, 1.807) is 30.5 Å². The van der Waals surface area contributed by atoms with Crippen LogP contribution in [0.2, 0.25) is 0 Å². The molecule has 0 radical (unpaired) electrons. The van der Waals surface area contributed by atoms with Crippen LogP contribution in [0.5, 0.6) is 11.5 Å². The molecule has 0 bridgehead atoms. The Labute approximate surface area is 157 Å². The average Bonchev–Trinajstić information content (AvgIpc) is 2.71. The number of anilines is 1. The molecular weight excluding hydrogens is 344 g/mol. The second-order valence-electron chi connectivity index (χ2n) is 5.92. The summed E-state index contributed by atoms with van der Waals surface area (Å²) in [4.78, 5) is 29.0. The van der Waals surface area contributed by atoms with Crippen molar-refractivity contribution >= 4 is 28.3 Å². The zero-order chi connectivity index (χ0) is 19.2. The standard InChI is InChI=1S/C21H20N2O4/c1-26-18-10-8-15(13-19(18)27-2)17(24)9-11-20(25)23-16-7-3-5-14-6-4-12-22-21(14)16/h3-8,10,12-13H,9,11H2,1-2H3,(H,23,25). The van der Waals surface area contributed by atoms with Crippen LogP contribution in [0.3, 0.4) is 0 Å². The van der Waals surface area contributed by atoms with Crippen molar-refractivity contribution < 1.29 is 19.1 Å². The summed E-state index contributed by atoms with van der Waals surface area (Å²) in [6.07, 6.45) is 1.86. The molecule has 0 saturated carbocycles. The van der Waals surface area contributed by atoms with Crippen LogP contribution in [-0.4, -0.2) is 30.9 Å². The summed E-state index contributed by atoms with van der Waals surface area (Å²) in [7, 11) is 3.05. The number of carbonyl (C=O) groups is 2. The molecule has 0 aliphatic rings. The molecule has 27 heavy (non-hydrogen) atoms. The number of carbonyl (C=O) groups excluding carboxylic acids is 2. The van der Waals surface area contributed by atoms with Crippen LogP contribution in [0.15, 0.2) is 54.7 Å². The Kier molecular flexibility index (Phi) is 5.66. The summed E-state index contributed by atoms with van der Waals surface area (Å²) < 4.78 is 10.4. The van der Waals surface area contributed by atoms with E-state index in [-0.39, 0.29) is 24.5 Å². The molecule has 1 amide bonds. The van der Waals surface area contributed by atoms with Crippen molar-refractivity contribution in [2.45, 2.75) is 12.8 Å². The molecule has 0 aliphatic heterocycles. The van der Waals surface area contributed by atoms with Crippen molar-refractivity contribution in [1.82, 2.24) is 4.98 Å². The van der Waals surface area contributed by atoms with Gasteiger partial charge in [0.2, 0.25) is 5.91 Å². The number of pyridine rings is 1. The lowest BCUT2D eigenvalue weighted by atomic mass is 10.1. The van der Waals surface area contributed by atoms with Gasteiger partial charge in [-0.2, -0.15) is 0 Å². The summed E-state index contributed by atoms with van der Waals surface area (Å²) in [6, 6.07) is 14.3. The minimum absolute atomic E-state index is 0.0798. The third-order valence-electron chi connectivity index (χ3n) is 4.19. The number of methoxy groups -OCH3 is 2. The number of aromatic nitrogens is 1. The molecule has 1 N–H and O–H groups in total. The van der Waals surface area contributed by atoms with Gasteiger partial charge in [-0.15, -0.1) is 0 Å². The smallest absolute Gasteiger partial charge is 0.224 e. The highest BCUT2D eigenvalue weighted by molar-refractivity contribution is 6.03. The summed E-state index contributed by atoms with van der Waals surface area (Å²) in [5.41, 5.74) is 1.84. The SMILES string of the molecule is COc1ccc(C(=O)CCC(=O)Nc2cccc3cccnc23)cc1OC. The molecule has 2 aromatic carbocycles. The zero-order valence-corrected chi connectivity index (χ0v) is 15.2. The maximum atomic E-state index is 12.4. The van der Waals surface area contributed by atoms with E-state index < -0.39 is 0 Å². The number of ketones is 1. The van der Waals surface area contributed by atoms with Crippen molar-refractivity contribution in [1.29, 1.82) is 0 Å². The van der Waals surface area contributed by atoms with E-state index in [2.05, 4.69) is 10.3 Å². The third-order valence-corrected chi connectivity index (χ3v) is 4.19. The lowest BCUT2D eigenvalue weighted by Crippen LogP contribution is -2.14. The Hall–Kier alpha value is -3.41. The van der Waals surface area contributed by atoms with E-state index in [0.29, 0.717) is 22.7 Å². The van der Waals surface area contributed by atoms with E-state index in [0.717, 1.165) is 10.9 Å². The van der Waals surface area contributed by atoms with E-state index >= 15 is 0 Å². The number of hydrogen-bond donors (Lipinski definition) is 1. The number of fused-ring (bicyclic) bond motifs is 1. The summed E-state index contributed by atoms with van der Waals surface area (Å²) >= 11 is 0. The number of nitrogens with zero attached hydrogens (tertiary/aromatic N) is 1. The number of hydrogen-bond acceptors (Lipinski definition) is 5. The van der Waals surface area contributed by atoms with E-state index in [1.807, 2.05) is 24.3 Å². The van der Waals surface area contributed by atoms with Crippen molar-refractivity contribution in [3.8, 4) is 11.5 Å². The summed E-state index contributed by atoms with van der Waals surface area (Å²) in [5, 5.41) is 3.78. The van der Waals surface area contributed by atoms with Gasteiger partial charge in [0.05, 0.1) is 25.4 Å². The topological polar surface area (TPSA) is 77.5 Å². The number of nitrogens with one attached hydrogen (secondary N) is 1. The molecule has 0 atom stereocenters. The number of ether oxygens (including phenoxy) is 2. The first-order chi connectivity index (χ1) is 13.1. The van der Waals surface area contributed by atoms with Crippen molar-refractivity contribution in [3.05, 3.63) is 60.3 Å². The van der Waals surface area contributed by atoms with Gasteiger partial charge in [-0.05, 0) is 30.3 Å². The average molecular weight is 364 g/mol. The molecule has 0 unspecified atom stereocenters. The van der Waals surface area contributed by atoms with Gasteiger partial charge in [-0.3, -0.25) is 14.6 Å². The Morgan fingerprint density at radius 1 is 0.963 bits per heavy atom. The highest BCUT2D eigenvalue weighted by atomic mass is 16.5. The maximum absolute atomic E-state index is 12.4. The Morgan fingerprint density at radius 2 is 1.74 bits per heavy atom. The predicted octanol–water partition coefficient (Wildman–Crippen LogP) is 3.85. The lowest BCUT2D eigenvalue weighted by molar-refractivity contribution is -0.116. The van der Waals surface area contributed by atoms with E-state index in [4.69, 9.17) is 9.47 Å². The maximum Gasteiger partial charge on any atom is 0.224 e. The normalized spacial score (nSPS) is 10.4. The Bertz CT molecular complexity index is 980. The van der Waals surface area contributed by atoms with Crippen LogP contribution in [0, 0.1) is 0 Å². The molecule has 1 aromatic heterocycles. The predicted molar refractivity (Wildman–Crippen MR) is 103 cm³/mol. The number of amides is 1. The fourth-order valence-electron chi connectivity index (χ4n) is 2.80. The molecule has 6 heteroatoms. The first-order valence-corrected chi connectivity index (χ1v) is 8.51. The third kappa shape index (κ3) is 4.23. The minimum Gasteiger partial charge on any atom is -0.493 e. The fraction of sp³-hybridized carbons (Fsp3) is 0.190. The van der Waals surface area contributed by atoms with Gasteiger partial charge in [0.25, 0.3) is 0 Å². The number of benzene rings is 2. The van der Waals surface area contributed by atoms with Crippen molar-refractivity contribution in [2.75, 3.05) is 19.5 Å². The molecule has 0 aliphatic carbocycles. The van der Waals surface area contributed by atoms with Crippen LogP contribution in [-0.2, 0) is 4.79 Å². The van der Waals surface area contributed by atoms with Crippen molar-refractivity contribution in [2.24, 2.45) is 0 Å². The van der Waals surface area contributed by atoms with Crippen LogP contribution in [0.4, 0.5) is 5.69 Å². The number of para-hydroxylation sites is 1. The molecule has 0 spiro atoms. The Morgan fingerprint density at radius 3 is 2.52 bits per heavy atom. The minimum atomic E-state index is -0.234. The molecule has 3 aromatic rings. The fourth-order valence-corrected chi connectivity index (χ4v) is 2.80. The van der Waals surface area contributed by atoms with Gasteiger partial charge in [0.1, 0.15) is 0 Å². The van der Waals surface area contributed by atoms with Gasteiger partial charge < -0.3 is 14.8 Å². The van der Waals surface area contributed by atoms with Crippen LogP contribution < -0.4 is 14.8 Å². The highest BCUT2D eigenvalue weighted by Gasteiger charge is 2.13. The monoisotopic (exact) mass is 364 g/mol. The zero-order valence-electron chi connectivity index (χ0n) is 15.2. The molecule has 0 fully saturated rings. The summed E-state index contributed by atoms with van der Waals surface area (Å²) in [6.45, 7) is 0. The first-order valence-electron chi connectivity index (χ1n) is 8.51. The lowest BCUT2D eigenvalue weighted by Gasteiger charge is -2.10. The second kappa shape index (κ2) is 8.31. The molecule has 6 nitrogen and oxygen atoms in total. The van der Waals surface area contributed by atoms with Gasteiger partial charge >= 0.3 is 0 Å². The number of Topliss-reactive ketones (excluding diaryl/α,β-unsaturated/α-hetero) is 1. The van der Waals surface area contributed by atoms with Crippen LogP contribution >= 0.6 is 0 Å². The first kappa shape index (κ1) is 18.4.